The first-order valence-corrected chi connectivity index (χ1v) is 13.6. The molecule has 0 aromatic heterocycles. The maximum Gasteiger partial charge on any atom is 0.134 e. The molecule has 1 saturated carbocycles. The Morgan fingerprint density at radius 3 is 2.58 bits per heavy atom. The van der Waals surface area contributed by atoms with Crippen molar-refractivity contribution >= 4 is 41.4 Å². The number of benzene rings is 2. The number of para-hydroxylation sites is 1. The van der Waals surface area contributed by atoms with Crippen LogP contribution in [0.4, 0.5) is 11.4 Å². The van der Waals surface area contributed by atoms with Gasteiger partial charge in [-0.3, -0.25) is 0 Å². The number of likely N-dealkylation sites (N-methyl/N-ethyl adjacent to an activating group) is 1. The molecule has 180 valence electrons. The molecule has 2 aliphatic rings. The molecule has 1 atom stereocenters. The molecule has 2 aromatic rings. The van der Waals surface area contributed by atoms with Crippen molar-refractivity contribution in [2.45, 2.75) is 54.9 Å². The summed E-state index contributed by atoms with van der Waals surface area (Å²) in [7, 11) is 3.21. The number of carbonyl (C=O) groups excluding carboxylic acids is 1. The van der Waals surface area contributed by atoms with E-state index in [2.05, 4.69) is 71.9 Å². The molecular weight excluding hydrogens is 452 g/mol. The second-order valence-corrected chi connectivity index (χ2v) is 10.7. The predicted molar refractivity (Wildman–Crippen MR) is 140 cm³/mol. The maximum absolute atomic E-state index is 11.4. The summed E-state index contributed by atoms with van der Waals surface area (Å²) >= 11 is 3.51. The fraction of sp³-hybridized carbons (Fsp3) is 0.500. The van der Waals surface area contributed by atoms with Crippen LogP contribution >= 0.6 is 23.7 Å². The lowest BCUT2D eigenvalue weighted by Gasteiger charge is -2.30. The lowest BCUT2D eigenvalue weighted by Crippen LogP contribution is -2.35. The molecule has 0 spiro atoms. The third-order valence-corrected chi connectivity index (χ3v) is 8.17. The zero-order valence-corrected chi connectivity index (χ0v) is 21.8. The lowest BCUT2D eigenvalue weighted by molar-refractivity contribution is -0.113. The van der Waals surface area contributed by atoms with Gasteiger partial charge in [-0.2, -0.15) is 0 Å². The van der Waals surface area contributed by atoms with Gasteiger partial charge in [0, 0.05) is 25.4 Å². The van der Waals surface area contributed by atoms with Crippen LogP contribution in [-0.2, 0) is 4.79 Å². The first-order valence-electron chi connectivity index (χ1n) is 11.6. The zero-order chi connectivity index (χ0) is 23.8. The lowest BCUT2D eigenvalue weighted by atomic mass is 10.1. The summed E-state index contributed by atoms with van der Waals surface area (Å²) in [6.07, 6.45) is 8.66. The van der Waals surface area contributed by atoms with E-state index in [-0.39, 0.29) is 5.41 Å². The largest absolute Gasteiger partial charge is 0.491 e. The molecule has 1 fully saturated rings. The van der Waals surface area contributed by atoms with Crippen LogP contribution < -0.4 is 9.64 Å². The third-order valence-electron chi connectivity index (χ3n) is 6.30. The number of fused-ring (bicyclic) bond motifs is 1. The van der Waals surface area contributed by atoms with E-state index in [4.69, 9.17) is 9.84 Å². The number of anilines is 2. The van der Waals surface area contributed by atoms with Crippen LogP contribution in [0.5, 0.6) is 5.75 Å². The van der Waals surface area contributed by atoms with Crippen molar-refractivity contribution in [1.29, 1.82) is 0 Å². The summed E-state index contributed by atoms with van der Waals surface area (Å²) in [5, 5.41) is 7.00. The van der Waals surface area contributed by atoms with Crippen molar-refractivity contribution in [2.75, 3.05) is 38.5 Å². The van der Waals surface area contributed by atoms with Gasteiger partial charge in [-0.1, -0.05) is 38.0 Å². The molecule has 1 N–H and O–H groups in total. The number of nitrogens with zero attached hydrogens (tertiary/aromatic N) is 2. The summed E-state index contributed by atoms with van der Waals surface area (Å²) in [6.45, 7) is 3.70. The number of hydrogen-bond acceptors (Lipinski definition) is 7. The van der Waals surface area contributed by atoms with Crippen LogP contribution in [0.1, 0.15) is 39.0 Å². The van der Waals surface area contributed by atoms with Crippen LogP contribution in [0.25, 0.3) is 0 Å². The van der Waals surface area contributed by atoms with E-state index in [0.717, 1.165) is 43.4 Å². The van der Waals surface area contributed by atoms with Gasteiger partial charge in [0.2, 0.25) is 0 Å². The molecule has 7 heteroatoms. The normalized spacial score (nSPS) is 19.1. The number of carbonyl (C=O) groups is 1. The first-order chi connectivity index (χ1) is 16.1. The molecule has 0 radical (unpaired) electrons. The van der Waals surface area contributed by atoms with E-state index < -0.39 is 0 Å². The monoisotopic (exact) mass is 488 g/mol. The van der Waals surface area contributed by atoms with Crippen molar-refractivity contribution in [2.24, 2.45) is 5.41 Å². The highest BCUT2D eigenvalue weighted by atomic mass is 32.2. The van der Waals surface area contributed by atoms with E-state index in [0.29, 0.717) is 12.6 Å². The van der Waals surface area contributed by atoms with Crippen LogP contribution in [-0.4, -0.2) is 55.3 Å². The van der Waals surface area contributed by atoms with Gasteiger partial charge in [0.25, 0.3) is 0 Å². The fourth-order valence-corrected chi connectivity index (χ4v) is 5.59. The number of thioether (sulfide) groups is 1. The average molecular weight is 489 g/mol. The van der Waals surface area contributed by atoms with Crippen LogP contribution in [0.15, 0.2) is 52.3 Å². The predicted octanol–water partition coefficient (Wildman–Crippen LogP) is 6.02. The number of unbranched alkanes of at least 4 members (excludes halogenated alkanes) is 1. The summed E-state index contributed by atoms with van der Waals surface area (Å²) in [5.41, 5.74) is 2.20. The molecule has 33 heavy (non-hydrogen) atoms. The first kappa shape index (κ1) is 25.9. The Morgan fingerprint density at radius 1 is 1.24 bits per heavy atom. The number of hydrogen-bond donors (Lipinski definition) is 1. The Kier molecular flexibility index (Phi) is 9.56. The van der Waals surface area contributed by atoms with E-state index in [1.54, 1.807) is 11.8 Å². The van der Waals surface area contributed by atoms with Gasteiger partial charge in [-0.15, -0.1) is 11.8 Å². The van der Waals surface area contributed by atoms with E-state index >= 15 is 0 Å². The smallest absolute Gasteiger partial charge is 0.134 e. The topological polar surface area (TPSA) is 53.0 Å². The Labute approximate surface area is 207 Å². The summed E-state index contributed by atoms with van der Waals surface area (Å²) in [4.78, 5) is 16.2. The van der Waals surface area contributed by atoms with Crippen molar-refractivity contribution < 1.29 is 14.6 Å². The minimum absolute atomic E-state index is 0.256. The number of rotatable bonds is 9. The van der Waals surface area contributed by atoms with Crippen molar-refractivity contribution in [3.63, 3.8) is 0 Å². The van der Waals surface area contributed by atoms with Crippen molar-refractivity contribution in [3.8, 4) is 5.75 Å². The second kappa shape index (κ2) is 12.2. The number of aliphatic hydroxyl groups is 1. The molecule has 5 nitrogen and oxygen atoms in total. The highest BCUT2D eigenvalue weighted by Gasteiger charge is 2.43. The highest BCUT2D eigenvalue weighted by molar-refractivity contribution is 7.98. The van der Waals surface area contributed by atoms with Gasteiger partial charge in [0.1, 0.15) is 18.6 Å². The molecular formula is C26H36N2O3S2. The van der Waals surface area contributed by atoms with Crippen LogP contribution in [0.3, 0.4) is 0 Å². The van der Waals surface area contributed by atoms with E-state index in [1.165, 1.54) is 35.5 Å². The molecule has 2 aromatic carbocycles. The summed E-state index contributed by atoms with van der Waals surface area (Å²) < 4.78 is 8.63. The highest BCUT2D eigenvalue weighted by Crippen LogP contribution is 2.48. The van der Waals surface area contributed by atoms with Crippen molar-refractivity contribution in [3.05, 3.63) is 42.5 Å². The Morgan fingerprint density at radius 2 is 1.97 bits per heavy atom. The molecule has 1 aliphatic heterocycles. The van der Waals surface area contributed by atoms with Gasteiger partial charge in [-0.25, -0.2) is 4.31 Å². The molecule has 1 aliphatic carbocycles. The molecule has 1 heterocycles. The average Bonchev–Trinajstić information content (AvgIpc) is 3.66. The minimum Gasteiger partial charge on any atom is -0.491 e. The van der Waals surface area contributed by atoms with E-state index in [9.17, 15) is 4.79 Å². The van der Waals surface area contributed by atoms with Crippen LogP contribution in [0, 0.1) is 5.41 Å². The Balaban J connectivity index is 0.00000149. The summed E-state index contributed by atoms with van der Waals surface area (Å²) in [6, 6.07) is 15.6. The molecule has 0 amide bonds. The quantitative estimate of drug-likeness (QED) is 0.263. The molecule has 0 bridgehead atoms. The minimum atomic E-state index is -0.256. The number of aldehydes is 1. The fourth-order valence-electron chi connectivity index (χ4n) is 3.98. The van der Waals surface area contributed by atoms with Gasteiger partial charge in [0.05, 0.1) is 20.9 Å². The van der Waals surface area contributed by atoms with Crippen LogP contribution in [0.2, 0.25) is 0 Å². The molecule has 0 saturated heterocycles. The standard InChI is InChI=1S/C25H32N2O2S2.CH4O/c1-4-5-9-20-16-27(19-10-7-6-8-11-19)21-14-24(30-3)22(15-23(21)31-26(20)2)29-18-25(17-28)12-13-25;1-2/h6-8,10-11,14-15,17,20H,4-5,9,12-13,16,18H2,1-3H3;2H,1H3. The SMILES string of the molecule is CCCCC1CN(c2ccccc2)c2cc(SC)c(OCC3(C=O)CC3)cc2SN1C.CO. The van der Waals surface area contributed by atoms with Gasteiger partial charge in [0.15, 0.2) is 0 Å². The Hall–Kier alpha value is -1.67. The zero-order valence-electron chi connectivity index (χ0n) is 20.1. The maximum atomic E-state index is 11.4. The van der Waals surface area contributed by atoms with Crippen molar-refractivity contribution in [1.82, 2.24) is 4.31 Å². The summed E-state index contributed by atoms with van der Waals surface area (Å²) in [5.74, 6) is 0.889. The molecule has 4 rings (SSSR count). The van der Waals surface area contributed by atoms with Gasteiger partial charge < -0.3 is 19.5 Å². The van der Waals surface area contributed by atoms with Gasteiger partial charge >= 0.3 is 0 Å². The van der Waals surface area contributed by atoms with E-state index in [1.807, 2.05) is 11.9 Å². The molecule has 1 unspecified atom stereocenters. The number of ether oxygens (including phenoxy) is 1. The second-order valence-electron chi connectivity index (χ2n) is 8.62. The third kappa shape index (κ3) is 6.27. The number of aliphatic hydroxyl groups excluding tert-OH is 1. The Bertz CT molecular complexity index is 906. The van der Waals surface area contributed by atoms with Gasteiger partial charge in [-0.05, 0) is 68.8 Å².